The van der Waals surface area contributed by atoms with Crippen molar-refractivity contribution < 1.29 is 9.47 Å². The third kappa shape index (κ3) is 4.00. The fourth-order valence-electron chi connectivity index (χ4n) is 2.21. The number of methoxy groups -OCH3 is 1. The summed E-state index contributed by atoms with van der Waals surface area (Å²) in [7, 11) is 3.56. The van der Waals surface area contributed by atoms with E-state index in [1.807, 2.05) is 7.05 Å². The van der Waals surface area contributed by atoms with Crippen LogP contribution in [0.3, 0.4) is 0 Å². The molecule has 1 saturated heterocycles. The zero-order valence-corrected chi connectivity index (χ0v) is 13.6. The van der Waals surface area contributed by atoms with Crippen LogP contribution >= 0.6 is 22.6 Å². The van der Waals surface area contributed by atoms with E-state index in [4.69, 9.17) is 9.47 Å². The van der Waals surface area contributed by atoms with E-state index in [-0.39, 0.29) is 6.10 Å². The Labute approximate surface area is 127 Å². The highest BCUT2D eigenvalue weighted by molar-refractivity contribution is 14.1. The molecule has 5 nitrogen and oxygen atoms in total. The Morgan fingerprint density at radius 2 is 2.26 bits per heavy atom. The standard InChI is InChI=1S/C13H20IN3O2/c1-15-13-12(14)10(8-18-2)16-11(17-13)7-9-5-3-4-6-19-9/h9H,3-8H2,1-2H3,(H,15,16,17). The molecule has 1 fully saturated rings. The van der Waals surface area contributed by atoms with Gasteiger partial charge in [-0.3, -0.25) is 0 Å². The fourth-order valence-corrected chi connectivity index (χ4v) is 2.87. The average molecular weight is 377 g/mol. The van der Waals surface area contributed by atoms with E-state index in [2.05, 4.69) is 37.9 Å². The second kappa shape index (κ2) is 7.35. The summed E-state index contributed by atoms with van der Waals surface area (Å²) in [4.78, 5) is 9.16. The lowest BCUT2D eigenvalue weighted by Crippen LogP contribution is -2.23. The molecule has 0 amide bonds. The molecule has 0 saturated carbocycles. The third-order valence-electron chi connectivity index (χ3n) is 3.17. The fraction of sp³-hybridized carbons (Fsp3) is 0.692. The highest BCUT2D eigenvalue weighted by Crippen LogP contribution is 2.22. The maximum absolute atomic E-state index is 5.75. The topological polar surface area (TPSA) is 56.3 Å². The third-order valence-corrected chi connectivity index (χ3v) is 4.30. The number of anilines is 1. The number of hydrogen-bond acceptors (Lipinski definition) is 5. The summed E-state index contributed by atoms with van der Waals surface area (Å²) in [5.41, 5.74) is 0.938. The summed E-state index contributed by atoms with van der Waals surface area (Å²) >= 11 is 2.25. The van der Waals surface area contributed by atoms with Gasteiger partial charge in [-0.25, -0.2) is 9.97 Å². The highest BCUT2D eigenvalue weighted by atomic mass is 127. The van der Waals surface area contributed by atoms with Gasteiger partial charge in [0.15, 0.2) is 0 Å². The molecule has 0 bridgehead atoms. The Bertz CT molecular complexity index is 423. The SMILES string of the molecule is CNc1nc(CC2CCCCO2)nc(COC)c1I. The van der Waals surface area contributed by atoms with Gasteiger partial charge in [-0.15, -0.1) is 0 Å². The van der Waals surface area contributed by atoms with Crippen LogP contribution < -0.4 is 5.32 Å². The molecule has 1 aromatic heterocycles. The molecule has 0 aromatic carbocycles. The van der Waals surface area contributed by atoms with Gasteiger partial charge in [0.1, 0.15) is 11.6 Å². The number of ether oxygens (including phenoxy) is 2. The number of nitrogens with zero attached hydrogens (tertiary/aromatic N) is 2. The number of hydrogen-bond donors (Lipinski definition) is 1. The lowest BCUT2D eigenvalue weighted by atomic mass is 10.1. The van der Waals surface area contributed by atoms with Gasteiger partial charge >= 0.3 is 0 Å². The molecule has 6 heteroatoms. The molecule has 0 spiro atoms. The molecule has 2 rings (SSSR count). The molecular formula is C13H20IN3O2. The largest absolute Gasteiger partial charge is 0.378 e. The number of halogens is 1. The van der Waals surface area contributed by atoms with Crippen LogP contribution in [0, 0.1) is 3.57 Å². The summed E-state index contributed by atoms with van der Waals surface area (Å²) in [5.74, 6) is 1.71. The van der Waals surface area contributed by atoms with E-state index < -0.39 is 0 Å². The van der Waals surface area contributed by atoms with Gasteiger partial charge in [0.25, 0.3) is 0 Å². The first kappa shape index (κ1) is 14.9. The lowest BCUT2D eigenvalue weighted by Gasteiger charge is -2.22. The van der Waals surface area contributed by atoms with Crippen molar-refractivity contribution in [1.82, 2.24) is 9.97 Å². The van der Waals surface area contributed by atoms with Crippen LogP contribution in [-0.4, -0.2) is 36.8 Å². The Morgan fingerprint density at radius 1 is 1.42 bits per heavy atom. The number of nitrogens with one attached hydrogen (secondary N) is 1. The van der Waals surface area contributed by atoms with Gasteiger partial charge in [-0.2, -0.15) is 0 Å². The monoisotopic (exact) mass is 377 g/mol. The Morgan fingerprint density at radius 3 is 2.89 bits per heavy atom. The first-order chi connectivity index (χ1) is 9.24. The molecule has 19 heavy (non-hydrogen) atoms. The molecule has 2 heterocycles. The first-order valence-electron chi connectivity index (χ1n) is 6.58. The van der Waals surface area contributed by atoms with Gasteiger partial charge in [-0.05, 0) is 41.9 Å². The Hall–Kier alpha value is -0.470. The van der Waals surface area contributed by atoms with Crippen LogP contribution in [-0.2, 0) is 22.5 Å². The van der Waals surface area contributed by atoms with Gasteiger partial charge in [0.2, 0.25) is 0 Å². The normalized spacial score (nSPS) is 19.4. The summed E-state index contributed by atoms with van der Waals surface area (Å²) in [5, 5.41) is 3.12. The first-order valence-corrected chi connectivity index (χ1v) is 7.66. The maximum Gasteiger partial charge on any atom is 0.143 e. The molecule has 1 aliphatic heterocycles. The van der Waals surface area contributed by atoms with E-state index in [1.54, 1.807) is 7.11 Å². The molecular weight excluding hydrogens is 357 g/mol. The van der Waals surface area contributed by atoms with E-state index in [9.17, 15) is 0 Å². The molecule has 1 aromatic rings. The van der Waals surface area contributed by atoms with Crippen molar-refractivity contribution in [2.75, 3.05) is 26.1 Å². The van der Waals surface area contributed by atoms with Crippen LogP contribution in [0.1, 0.15) is 30.8 Å². The summed E-state index contributed by atoms with van der Waals surface area (Å²) in [6.07, 6.45) is 4.54. The second-order valence-electron chi connectivity index (χ2n) is 4.62. The van der Waals surface area contributed by atoms with Crippen molar-refractivity contribution in [2.24, 2.45) is 0 Å². The van der Waals surface area contributed by atoms with Crippen molar-refractivity contribution in [3.63, 3.8) is 0 Å². The zero-order chi connectivity index (χ0) is 13.7. The lowest BCUT2D eigenvalue weighted by molar-refractivity contribution is 0.0156. The van der Waals surface area contributed by atoms with Crippen LogP contribution in [0.4, 0.5) is 5.82 Å². The van der Waals surface area contributed by atoms with Gasteiger partial charge in [0, 0.05) is 27.2 Å². The second-order valence-corrected chi connectivity index (χ2v) is 5.70. The molecule has 1 unspecified atom stereocenters. The van der Waals surface area contributed by atoms with Crippen molar-refractivity contribution >= 4 is 28.4 Å². The number of aromatic nitrogens is 2. The molecule has 0 aliphatic carbocycles. The van der Waals surface area contributed by atoms with Crippen LogP contribution in [0.5, 0.6) is 0 Å². The minimum atomic E-state index is 0.258. The van der Waals surface area contributed by atoms with Crippen LogP contribution in [0.25, 0.3) is 0 Å². The minimum Gasteiger partial charge on any atom is -0.378 e. The van der Waals surface area contributed by atoms with E-state index in [0.717, 1.165) is 40.4 Å². The maximum atomic E-state index is 5.75. The summed E-state index contributed by atoms with van der Waals surface area (Å²) < 4.78 is 12.0. The van der Waals surface area contributed by atoms with Crippen LogP contribution in [0.2, 0.25) is 0 Å². The zero-order valence-electron chi connectivity index (χ0n) is 11.4. The predicted molar refractivity (Wildman–Crippen MR) is 82.3 cm³/mol. The molecule has 106 valence electrons. The van der Waals surface area contributed by atoms with Crippen LogP contribution in [0.15, 0.2) is 0 Å². The Kier molecular flexibility index (Phi) is 5.77. The highest BCUT2D eigenvalue weighted by Gasteiger charge is 2.18. The molecule has 0 radical (unpaired) electrons. The van der Waals surface area contributed by atoms with Gasteiger partial charge in [-0.1, -0.05) is 0 Å². The molecule has 1 N–H and O–H groups in total. The van der Waals surface area contributed by atoms with Gasteiger partial charge in [0.05, 0.1) is 22.0 Å². The van der Waals surface area contributed by atoms with Gasteiger partial charge < -0.3 is 14.8 Å². The van der Waals surface area contributed by atoms with Crippen molar-refractivity contribution in [2.45, 2.75) is 38.4 Å². The van der Waals surface area contributed by atoms with E-state index in [0.29, 0.717) is 6.61 Å². The van der Waals surface area contributed by atoms with Crippen molar-refractivity contribution in [3.05, 3.63) is 15.1 Å². The summed E-state index contributed by atoms with van der Waals surface area (Å²) in [6, 6.07) is 0. The molecule has 1 aliphatic rings. The Balaban J connectivity index is 2.16. The predicted octanol–water partition coefficient (Wildman–Crippen LogP) is 2.38. The quantitative estimate of drug-likeness (QED) is 0.799. The van der Waals surface area contributed by atoms with Crippen molar-refractivity contribution in [1.29, 1.82) is 0 Å². The summed E-state index contributed by atoms with van der Waals surface area (Å²) in [6.45, 7) is 1.37. The average Bonchev–Trinajstić information content (AvgIpc) is 2.43. The van der Waals surface area contributed by atoms with Crippen molar-refractivity contribution in [3.8, 4) is 0 Å². The van der Waals surface area contributed by atoms with E-state index >= 15 is 0 Å². The molecule has 1 atom stereocenters. The number of rotatable bonds is 5. The smallest absolute Gasteiger partial charge is 0.143 e. The van der Waals surface area contributed by atoms with E-state index in [1.165, 1.54) is 12.8 Å². The minimum absolute atomic E-state index is 0.258.